The van der Waals surface area contributed by atoms with Crippen LogP contribution in [0.4, 0.5) is 0 Å². The Labute approximate surface area is 143 Å². The van der Waals surface area contributed by atoms with Gasteiger partial charge in [-0.1, -0.05) is 17.3 Å². The summed E-state index contributed by atoms with van der Waals surface area (Å²) in [5, 5.41) is 7.24. The average Bonchev–Trinajstić information content (AvgIpc) is 3.13. The Morgan fingerprint density at radius 1 is 1.52 bits per heavy atom. The fraction of sp³-hybridized carbons (Fsp3) is 0.643. The summed E-state index contributed by atoms with van der Waals surface area (Å²) in [6, 6.07) is 0. The molecule has 0 aliphatic heterocycles. The molecule has 118 valence electrons. The van der Waals surface area contributed by atoms with Gasteiger partial charge in [-0.05, 0) is 26.7 Å². The van der Waals surface area contributed by atoms with E-state index in [1.807, 2.05) is 25.8 Å². The summed E-state index contributed by atoms with van der Waals surface area (Å²) in [6.07, 6.45) is 2.35. The van der Waals surface area contributed by atoms with Crippen molar-refractivity contribution >= 4 is 29.9 Å². The van der Waals surface area contributed by atoms with Gasteiger partial charge in [-0.2, -0.15) is 4.98 Å². The van der Waals surface area contributed by atoms with Crippen LogP contribution in [-0.4, -0.2) is 41.1 Å². The second-order valence-corrected chi connectivity index (χ2v) is 5.30. The first-order valence-corrected chi connectivity index (χ1v) is 7.06. The Kier molecular flexibility index (Phi) is 7.13. The zero-order valence-electron chi connectivity index (χ0n) is 12.9. The van der Waals surface area contributed by atoms with Crippen molar-refractivity contribution in [3.05, 3.63) is 23.9 Å². The molecule has 0 aromatic carbocycles. The number of rotatable bonds is 6. The lowest BCUT2D eigenvalue weighted by Gasteiger charge is -2.21. The molecular weight excluding hydrogens is 381 g/mol. The molecule has 1 aliphatic rings. The van der Waals surface area contributed by atoms with Crippen molar-refractivity contribution in [1.82, 2.24) is 20.4 Å². The van der Waals surface area contributed by atoms with Crippen molar-refractivity contribution in [3.8, 4) is 0 Å². The predicted molar refractivity (Wildman–Crippen MR) is 93.9 cm³/mol. The van der Waals surface area contributed by atoms with Crippen LogP contribution in [0.3, 0.4) is 0 Å². The number of nitrogens with one attached hydrogen (secondary N) is 1. The molecular formula is C14H24IN5O. The summed E-state index contributed by atoms with van der Waals surface area (Å²) in [5.74, 6) is 2.74. The molecule has 2 rings (SSSR count). The SMILES string of the molecule is C=C(C)CN(C)C(=NCc1nc(C2CC2)no1)NCC.I. The summed E-state index contributed by atoms with van der Waals surface area (Å²) in [7, 11) is 1.99. The number of hydrogen-bond donors (Lipinski definition) is 1. The van der Waals surface area contributed by atoms with Gasteiger partial charge in [0.05, 0.1) is 0 Å². The third-order valence-electron chi connectivity index (χ3n) is 2.99. The smallest absolute Gasteiger partial charge is 0.248 e. The average molecular weight is 405 g/mol. The number of nitrogens with zero attached hydrogens (tertiary/aromatic N) is 4. The summed E-state index contributed by atoms with van der Waals surface area (Å²) in [5.41, 5.74) is 1.09. The Balaban J connectivity index is 0.00000220. The van der Waals surface area contributed by atoms with Crippen LogP contribution >= 0.6 is 24.0 Å². The first kappa shape index (κ1) is 17.9. The van der Waals surface area contributed by atoms with E-state index < -0.39 is 0 Å². The van der Waals surface area contributed by atoms with Crippen molar-refractivity contribution in [2.24, 2.45) is 4.99 Å². The molecule has 0 bridgehead atoms. The van der Waals surface area contributed by atoms with Crippen LogP contribution in [0.5, 0.6) is 0 Å². The number of aromatic nitrogens is 2. The maximum atomic E-state index is 5.22. The summed E-state index contributed by atoms with van der Waals surface area (Å²) in [6.45, 7) is 9.95. The van der Waals surface area contributed by atoms with Gasteiger partial charge in [0.15, 0.2) is 11.8 Å². The first-order chi connectivity index (χ1) is 9.60. The molecule has 21 heavy (non-hydrogen) atoms. The zero-order chi connectivity index (χ0) is 14.5. The normalized spacial score (nSPS) is 14.5. The molecule has 1 heterocycles. The van der Waals surface area contributed by atoms with Gasteiger partial charge in [-0.15, -0.1) is 24.0 Å². The lowest BCUT2D eigenvalue weighted by atomic mass is 10.3. The fourth-order valence-corrected chi connectivity index (χ4v) is 1.93. The Morgan fingerprint density at radius 3 is 2.81 bits per heavy atom. The van der Waals surface area contributed by atoms with E-state index in [9.17, 15) is 0 Å². The van der Waals surface area contributed by atoms with Gasteiger partial charge in [-0.25, -0.2) is 4.99 Å². The topological polar surface area (TPSA) is 66.5 Å². The third kappa shape index (κ3) is 5.64. The van der Waals surface area contributed by atoms with E-state index in [1.54, 1.807) is 0 Å². The Bertz CT molecular complexity index is 495. The minimum Gasteiger partial charge on any atom is -0.357 e. The van der Waals surface area contributed by atoms with Gasteiger partial charge in [0, 0.05) is 26.1 Å². The van der Waals surface area contributed by atoms with E-state index >= 15 is 0 Å². The molecule has 1 fully saturated rings. The standard InChI is InChI=1S/C14H23N5O.HI/c1-5-15-14(19(4)9-10(2)3)16-8-12-17-13(18-20-12)11-6-7-11;/h11H,2,5-9H2,1,3-4H3,(H,15,16);1H. The molecule has 1 saturated carbocycles. The van der Waals surface area contributed by atoms with E-state index in [-0.39, 0.29) is 24.0 Å². The molecule has 0 radical (unpaired) electrons. The van der Waals surface area contributed by atoms with Crippen molar-refractivity contribution in [3.63, 3.8) is 0 Å². The minimum absolute atomic E-state index is 0. The zero-order valence-corrected chi connectivity index (χ0v) is 15.3. The molecule has 0 saturated heterocycles. The number of halogens is 1. The molecule has 7 heteroatoms. The van der Waals surface area contributed by atoms with Gasteiger partial charge in [0.1, 0.15) is 6.54 Å². The van der Waals surface area contributed by atoms with Crippen LogP contribution in [0.2, 0.25) is 0 Å². The van der Waals surface area contributed by atoms with Crippen molar-refractivity contribution < 1.29 is 4.52 Å². The van der Waals surface area contributed by atoms with Crippen LogP contribution in [0.25, 0.3) is 0 Å². The van der Waals surface area contributed by atoms with Gasteiger partial charge >= 0.3 is 0 Å². The summed E-state index contributed by atoms with van der Waals surface area (Å²) < 4.78 is 5.22. The van der Waals surface area contributed by atoms with Crippen LogP contribution in [0.15, 0.2) is 21.7 Å². The Hall–Kier alpha value is -1.12. The molecule has 0 spiro atoms. The largest absolute Gasteiger partial charge is 0.357 e. The first-order valence-electron chi connectivity index (χ1n) is 7.06. The summed E-state index contributed by atoms with van der Waals surface area (Å²) in [4.78, 5) is 10.9. The molecule has 0 unspecified atom stereocenters. The highest BCUT2D eigenvalue weighted by Gasteiger charge is 2.28. The quantitative estimate of drug-likeness (QED) is 0.341. The number of aliphatic imine (C=N–C) groups is 1. The summed E-state index contributed by atoms with van der Waals surface area (Å²) >= 11 is 0. The third-order valence-corrected chi connectivity index (χ3v) is 2.99. The van der Waals surface area contributed by atoms with E-state index in [0.717, 1.165) is 30.4 Å². The van der Waals surface area contributed by atoms with Crippen molar-refractivity contribution in [1.29, 1.82) is 0 Å². The second-order valence-electron chi connectivity index (χ2n) is 5.30. The van der Waals surface area contributed by atoms with Gasteiger partial charge < -0.3 is 14.7 Å². The number of hydrogen-bond acceptors (Lipinski definition) is 4. The highest BCUT2D eigenvalue weighted by Crippen LogP contribution is 2.38. The van der Waals surface area contributed by atoms with Crippen LogP contribution < -0.4 is 5.32 Å². The maximum Gasteiger partial charge on any atom is 0.248 e. The number of guanidine groups is 1. The molecule has 0 atom stereocenters. The van der Waals surface area contributed by atoms with Crippen LogP contribution in [-0.2, 0) is 6.54 Å². The van der Waals surface area contributed by atoms with E-state index in [1.165, 1.54) is 12.8 Å². The molecule has 1 aromatic heterocycles. The molecule has 6 nitrogen and oxygen atoms in total. The molecule has 1 N–H and O–H groups in total. The second kappa shape index (κ2) is 8.35. The lowest BCUT2D eigenvalue weighted by Crippen LogP contribution is -2.39. The van der Waals surface area contributed by atoms with Crippen LogP contribution in [0, 0.1) is 0 Å². The van der Waals surface area contributed by atoms with Crippen LogP contribution in [0.1, 0.15) is 44.3 Å². The van der Waals surface area contributed by atoms with E-state index in [2.05, 4.69) is 27.0 Å². The lowest BCUT2D eigenvalue weighted by molar-refractivity contribution is 0.374. The minimum atomic E-state index is 0. The van der Waals surface area contributed by atoms with Gasteiger partial charge in [0.2, 0.25) is 5.89 Å². The van der Waals surface area contributed by atoms with Gasteiger partial charge in [0.25, 0.3) is 0 Å². The number of likely N-dealkylation sites (N-methyl/N-ethyl adjacent to an activating group) is 1. The van der Waals surface area contributed by atoms with Gasteiger partial charge in [-0.3, -0.25) is 0 Å². The predicted octanol–water partition coefficient (Wildman–Crippen LogP) is 2.54. The monoisotopic (exact) mass is 405 g/mol. The highest BCUT2D eigenvalue weighted by atomic mass is 127. The molecule has 1 aromatic rings. The van der Waals surface area contributed by atoms with Crippen molar-refractivity contribution in [2.75, 3.05) is 20.1 Å². The maximum absolute atomic E-state index is 5.22. The van der Waals surface area contributed by atoms with Crippen molar-refractivity contribution in [2.45, 2.75) is 39.2 Å². The van der Waals surface area contributed by atoms with E-state index in [0.29, 0.717) is 18.4 Å². The Morgan fingerprint density at radius 2 is 2.24 bits per heavy atom. The molecule has 0 amide bonds. The highest BCUT2D eigenvalue weighted by molar-refractivity contribution is 14.0. The fourth-order valence-electron chi connectivity index (χ4n) is 1.93. The van der Waals surface area contributed by atoms with E-state index in [4.69, 9.17) is 4.52 Å². The molecule has 1 aliphatic carbocycles.